The molecular weight excluding hydrogens is 510 g/mol. The van der Waals surface area contributed by atoms with E-state index in [2.05, 4.69) is 36.1 Å². The predicted molar refractivity (Wildman–Crippen MR) is 152 cm³/mol. The first-order valence-electron chi connectivity index (χ1n) is 11.2. The average molecular weight is 532 g/mol. The van der Waals surface area contributed by atoms with Gasteiger partial charge in [-0.1, -0.05) is 41.9 Å². The smallest absolute Gasteiger partial charge is 0.265 e. The maximum atomic E-state index is 12.8. The highest BCUT2D eigenvalue weighted by Gasteiger charge is 2.35. The average Bonchev–Trinajstić information content (AvgIpc) is 3.35. The summed E-state index contributed by atoms with van der Waals surface area (Å²) in [4.78, 5) is 31.2. The van der Waals surface area contributed by atoms with Crippen molar-refractivity contribution in [2.45, 2.75) is 6.92 Å². The van der Waals surface area contributed by atoms with Gasteiger partial charge in [0.25, 0.3) is 11.8 Å². The maximum Gasteiger partial charge on any atom is 0.265 e. The summed E-state index contributed by atoms with van der Waals surface area (Å²) < 4.78 is 0. The summed E-state index contributed by atoms with van der Waals surface area (Å²) in [6.07, 6.45) is 1.64. The summed E-state index contributed by atoms with van der Waals surface area (Å²) in [7, 11) is 3.15. The Morgan fingerprint density at radius 3 is 2.17 bits per heavy atom. The van der Waals surface area contributed by atoms with Crippen LogP contribution in [-0.2, 0) is 9.59 Å². The van der Waals surface area contributed by atoms with Crippen LogP contribution in [0, 0.1) is 6.92 Å². The second-order valence-electron chi connectivity index (χ2n) is 8.50. The molecule has 1 aromatic heterocycles. The molecule has 0 radical (unpaired) electrons. The number of aryl methyl sites for hydroxylation is 1. The summed E-state index contributed by atoms with van der Waals surface area (Å²) in [5, 5.41) is 4.08. The van der Waals surface area contributed by atoms with Crippen LogP contribution < -0.4 is 4.90 Å². The molecule has 2 heterocycles. The Morgan fingerprint density at radius 2 is 1.50 bits per heavy atom. The van der Waals surface area contributed by atoms with Crippen molar-refractivity contribution < 1.29 is 9.59 Å². The van der Waals surface area contributed by atoms with Crippen molar-refractivity contribution in [3.8, 4) is 0 Å². The molecule has 1 aliphatic rings. The molecule has 5 nitrogen and oxygen atoms in total. The van der Waals surface area contributed by atoms with Gasteiger partial charge >= 0.3 is 0 Å². The lowest BCUT2D eigenvalue weighted by Crippen LogP contribution is -2.52. The van der Waals surface area contributed by atoms with Crippen LogP contribution in [0.2, 0.25) is 5.02 Å². The van der Waals surface area contributed by atoms with Crippen LogP contribution in [0.3, 0.4) is 0 Å². The third-order valence-electron chi connectivity index (χ3n) is 6.21. The van der Waals surface area contributed by atoms with Crippen molar-refractivity contribution in [3.63, 3.8) is 0 Å². The van der Waals surface area contributed by atoms with E-state index >= 15 is 0 Å². The van der Waals surface area contributed by atoms with Gasteiger partial charge in [0.2, 0.25) is 0 Å². The number of amides is 2. The standard InChI is InChI=1S/C28H22ClN3O2S2/c1-17-8-14-24(22-7-5-4-6-21(17)22)32(19-11-9-18(29)10-12-19)25-15-13-20(36-25)16-23-26(33)30(2)28(35)31(3)27(23)34/h4-16H,1-3H3. The Hall–Kier alpha value is -3.52. The van der Waals surface area contributed by atoms with Crippen molar-refractivity contribution in [2.24, 2.45) is 0 Å². The Labute approximate surface area is 223 Å². The van der Waals surface area contributed by atoms with Gasteiger partial charge in [0.1, 0.15) is 10.6 Å². The normalized spacial score (nSPS) is 14.1. The van der Waals surface area contributed by atoms with Gasteiger partial charge in [0, 0.05) is 35.1 Å². The molecule has 1 aliphatic heterocycles. The molecule has 0 unspecified atom stereocenters. The van der Waals surface area contributed by atoms with E-state index in [0.717, 1.165) is 26.6 Å². The lowest BCUT2D eigenvalue weighted by Gasteiger charge is -2.31. The van der Waals surface area contributed by atoms with Gasteiger partial charge in [0.05, 0.1) is 5.69 Å². The van der Waals surface area contributed by atoms with E-state index in [1.165, 1.54) is 32.1 Å². The summed E-state index contributed by atoms with van der Waals surface area (Å²) >= 11 is 12.9. The van der Waals surface area contributed by atoms with Crippen LogP contribution in [-0.4, -0.2) is 40.8 Å². The van der Waals surface area contributed by atoms with Crippen molar-refractivity contribution in [1.82, 2.24) is 9.80 Å². The molecule has 2 amide bonds. The van der Waals surface area contributed by atoms with Gasteiger partial charge in [-0.3, -0.25) is 19.4 Å². The summed E-state index contributed by atoms with van der Waals surface area (Å²) in [5.74, 6) is -0.811. The number of nitrogens with zero attached hydrogens (tertiary/aromatic N) is 3. The number of carbonyl (C=O) groups excluding carboxylic acids is 2. The summed E-state index contributed by atoms with van der Waals surface area (Å²) in [6.45, 7) is 2.10. The number of likely N-dealkylation sites (N-methyl/N-ethyl adjacent to an activating group) is 2. The number of benzene rings is 3. The van der Waals surface area contributed by atoms with Gasteiger partial charge in [0.15, 0.2) is 5.11 Å². The first-order chi connectivity index (χ1) is 17.3. The van der Waals surface area contributed by atoms with Crippen LogP contribution >= 0.6 is 35.2 Å². The molecular formula is C28H22ClN3O2S2. The lowest BCUT2D eigenvalue weighted by atomic mass is 10.0. The molecule has 0 bridgehead atoms. The second-order valence-corrected chi connectivity index (χ2v) is 10.4. The first kappa shape index (κ1) is 24.2. The van der Waals surface area contributed by atoms with E-state index in [4.69, 9.17) is 23.8 Å². The quantitative estimate of drug-likeness (QED) is 0.163. The van der Waals surface area contributed by atoms with E-state index in [-0.39, 0.29) is 10.7 Å². The molecule has 0 saturated carbocycles. The second kappa shape index (κ2) is 9.50. The number of hydrogen-bond acceptors (Lipinski definition) is 5. The highest BCUT2D eigenvalue weighted by atomic mass is 35.5. The van der Waals surface area contributed by atoms with Crippen LogP contribution in [0.4, 0.5) is 16.4 Å². The molecule has 1 saturated heterocycles. The van der Waals surface area contributed by atoms with E-state index < -0.39 is 11.8 Å². The van der Waals surface area contributed by atoms with E-state index in [1.807, 2.05) is 48.5 Å². The topological polar surface area (TPSA) is 43.9 Å². The Bertz CT molecular complexity index is 1530. The number of hydrogen-bond donors (Lipinski definition) is 0. The minimum Gasteiger partial charge on any atom is -0.301 e. The molecule has 36 heavy (non-hydrogen) atoms. The molecule has 0 N–H and O–H groups in total. The van der Waals surface area contributed by atoms with Crippen molar-refractivity contribution >= 4 is 85.3 Å². The molecule has 5 rings (SSSR count). The Kier molecular flexibility index (Phi) is 6.38. The van der Waals surface area contributed by atoms with E-state index in [0.29, 0.717) is 5.02 Å². The Balaban J connectivity index is 1.63. The predicted octanol–water partition coefficient (Wildman–Crippen LogP) is 6.93. The largest absolute Gasteiger partial charge is 0.301 e. The number of thiophene rings is 1. The van der Waals surface area contributed by atoms with Gasteiger partial charge in [-0.15, -0.1) is 11.3 Å². The van der Waals surface area contributed by atoms with Crippen molar-refractivity contribution in [2.75, 3.05) is 19.0 Å². The number of anilines is 3. The van der Waals surface area contributed by atoms with Gasteiger partial charge in [-0.2, -0.15) is 0 Å². The van der Waals surface area contributed by atoms with Crippen LogP contribution in [0.25, 0.3) is 16.8 Å². The van der Waals surface area contributed by atoms with Crippen LogP contribution in [0.5, 0.6) is 0 Å². The minimum absolute atomic E-state index is 0.0841. The fraction of sp³-hybridized carbons (Fsp3) is 0.107. The Morgan fingerprint density at radius 1 is 0.861 bits per heavy atom. The highest BCUT2D eigenvalue weighted by Crippen LogP contribution is 2.43. The lowest BCUT2D eigenvalue weighted by molar-refractivity contribution is -0.132. The van der Waals surface area contributed by atoms with Gasteiger partial charge in [-0.05, 0) is 78.6 Å². The van der Waals surface area contributed by atoms with Crippen molar-refractivity contribution in [1.29, 1.82) is 0 Å². The first-order valence-corrected chi connectivity index (χ1v) is 12.8. The molecule has 8 heteroatoms. The number of thiocarbonyl (C=S) groups is 1. The molecule has 0 atom stereocenters. The minimum atomic E-state index is -0.405. The summed E-state index contributed by atoms with van der Waals surface area (Å²) in [5.41, 5.74) is 3.25. The zero-order valence-electron chi connectivity index (χ0n) is 19.9. The highest BCUT2D eigenvalue weighted by molar-refractivity contribution is 7.80. The number of rotatable bonds is 4. The van der Waals surface area contributed by atoms with Gasteiger partial charge < -0.3 is 4.90 Å². The number of carbonyl (C=O) groups is 2. The SMILES string of the molecule is Cc1ccc(N(c2ccc(Cl)cc2)c2ccc(C=C3C(=O)N(C)C(=S)N(C)C3=O)s2)c2ccccc12. The zero-order chi connectivity index (χ0) is 25.6. The molecule has 3 aromatic carbocycles. The van der Waals surface area contributed by atoms with E-state index in [9.17, 15) is 9.59 Å². The molecule has 1 fully saturated rings. The number of halogens is 1. The third-order valence-corrected chi connectivity index (χ3v) is 8.03. The van der Waals surface area contributed by atoms with Crippen LogP contribution in [0.15, 0.2) is 78.4 Å². The fourth-order valence-electron chi connectivity index (χ4n) is 4.26. The molecule has 180 valence electrons. The summed E-state index contributed by atoms with van der Waals surface area (Å²) in [6, 6.07) is 24.1. The fourth-order valence-corrected chi connectivity index (χ4v) is 5.54. The third kappa shape index (κ3) is 4.19. The monoisotopic (exact) mass is 531 g/mol. The van der Waals surface area contributed by atoms with E-state index in [1.54, 1.807) is 20.2 Å². The van der Waals surface area contributed by atoms with Gasteiger partial charge in [-0.25, -0.2) is 0 Å². The zero-order valence-corrected chi connectivity index (χ0v) is 22.2. The van der Waals surface area contributed by atoms with Crippen molar-refractivity contribution in [3.05, 3.63) is 93.8 Å². The molecule has 4 aromatic rings. The molecule has 0 aliphatic carbocycles. The maximum absolute atomic E-state index is 12.8. The van der Waals surface area contributed by atoms with Crippen LogP contribution in [0.1, 0.15) is 10.4 Å². The molecule has 0 spiro atoms. The number of fused-ring (bicyclic) bond motifs is 1.